The molecule has 3 unspecified atom stereocenters. The van der Waals surface area contributed by atoms with E-state index >= 15 is 0 Å². The molecule has 0 bridgehead atoms. The summed E-state index contributed by atoms with van der Waals surface area (Å²) in [6, 6.07) is 0. The van der Waals surface area contributed by atoms with Gasteiger partial charge in [-0.2, -0.15) is 0 Å². The summed E-state index contributed by atoms with van der Waals surface area (Å²) in [6.45, 7) is 9.05. The van der Waals surface area contributed by atoms with Crippen LogP contribution in [0.25, 0.3) is 0 Å². The highest BCUT2D eigenvalue weighted by Gasteiger charge is 2.68. The van der Waals surface area contributed by atoms with Gasteiger partial charge in [-0.05, 0) is 105 Å². The zero-order valence-electron chi connectivity index (χ0n) is 17.4. The third-order valence-electron chi connectivity index (χ3n) is 10.8. The SMILES string of the molecule is CC[C@@]1(OC(C)=O)CC[C@H]2[C@@H]3CCC4CCC5CC5[C@@]4(C)[C@@H]3CC[C@@]21C. The number of hydrogen-bond acceptors (Lipinski definition) is 2. The Labute approximate surface area is 159 Å². The van der Waals surface area contributed by atoms with Gasteiger partial charge in [0.05, 0.1) is 0 Å². The topological polar surface area (TPSA) is 26.3 Å². The van der Waals surface area contributed by atoms with E-state index in [1.54, 1.807) is 6.92 Å². The Hall–Kier alpha value is -0.530. The molecule has 5 saturated carbocycles. The molecule has 0 spiro atoms. The predicted molar refractivity (Wildman–Crippen MR) is 103 cm³/mol. The second-order valence-electron chi connectivity index (χ2n) is 11.1. The lowest BCUT2D eigenvalue weighted by molar-refractivity contribution is -0.189. The monoisotopic (exact) mass is 358 g/mol. The van der Waals surface area contributed by atoms with Crippen LogP contribution >= 0.6 is 0 Å². The molecule has 0 amide bonds. The van der Waals surface area contributed by atoms with Crippen LogP contribution in [0, 0.1) is 46.3 Å². The zero-order chi connectivity index (χ0) is 18.3. The molecule has 0 aromatic carbocycles. The van der Waals surface area contributed by atoms with Gasteiger partial charge in [-0.25, -0.2) is 0 Å². The van der Waals surface area contributed by atoms with Crippen molar-refractivity contribution in [2.24, 2.45) is 46.3 Å². The lowest BCUT2D eigenvalue weighted by atomic mass is 9.44. The van der Waals surface area contributed by atoms with Crippen LogP contribution in [0.15, 0.2) is 0 Å². The first-order chi connectivity index (χ1) is 12.4. The van der Waals surface area contributed by atoms with Crippen molar-refractivity contribution in [3.05, 3.63) is 0 Å². The molecule has 5 aliphatic carbocycles. The summed E-state index contributed by atoms with van der Waals surface area (Å²) in [7, 11) is 0. The average molecular weight is 359 g/mol. The van der Waals surface area contributed by atoms with Crippen molar-refractivity contribution in [3.63, 3.8) is 0 Å². The highest BCUT2D eigenvalue weighted by Crippen LogP contribution is 2.74. The quantitative estimate of drug-likeness (QED) is 0.567. The molecular weight excluding hydrogens is 320 g/mol. The summed E-state index contributed by atoms with van der Waals surface area (Å²) >= 11 is 0. The van der Waals surface area contributed by atoms with Gasteiger partial charge in [-0.15, -0.1) is 0 Å². The zero-order valence-corrected chi connectivity index (χ0v) is 17.4. The molecule has 146 valence electrons. The Balaban J connectivity index is 1.47. The number of fused-ring (bicyclic) bond motifs is 7. The fourth-order valence-corrected chi connectivity index (χ4v) is 9.43. The van der Waals surface area contributed by atoms with Crippen LogP contribution in [-0.4, -0.2) is 11.6 Å². The Morgan fingerprint density at radius 3 is 2.42 bits per heavy atom. The van der Waals surface area contributed by atoms with Crippen LogP contribution in [0.1, 0.15) is 91.9 Å². The molecular formula is C24H38O2. The summed E-state index contributed by atoms with van der Waals surface area (Å²) in [5.41, 5.74) is 0.641. The number of rotatable bonds is 2. The molecule has 5 rings (SSSR count). The van der Waals surface area contributed by atoms with Crippen molar-refractivity contribution in [3.8, 4) is 0 Å². The molecule has 0 heterocycles. The van der Waals surface area contributed by atoms with Gasteiger partial charge in [0.1, 0.15) is 5.60 Å². The lowest BCUT2D eigenvalue weighted by Gasteiger charge is -2.61. The van der Waals surface area contributed by atoms with Gasteiger partial charge < -0.3 is 4.74 Å². The Bertz CT molecular complexity index is 613. The van der Waals surface area contributed by atoms with Gasteiger partial charge >= 0.3 is 5.97 Å². The van der Waals surface area contributed by atoms with E-state index in [0.717, 1.165) is 48.3 Å². The summed E-state index contributed by atoms with van der Waals surface area (Å²) in [4.78, 5) is 11.9. The van der Waals surface area contributed by atoms with Gasteiger partial charge in [0.25, 0.3) is 0 Å². The molecule has 0 radical (unpaired) electrons. The summed E-state index contributed by atoms with van der Waals surface area (Å²) in [5, 5.41) is 0. The van der Waals surface area contributed by atoms with E-state index in [1.165, 1.54) is 51.4 Å². The first-order valence-corrected chi connectivity index (χ1v) is 11.6. The van der Waals surface area contributed by atoms with Crippen molar-refractivity contribution >= 4 is 5.97 Å². The molecule has 0 N–H and O–H groups in total. The molecule has 9 atom stereocenters. The molecule has 5 aliphatic rings. The Kier molecular flexibility index (Phi) is 3.72. The number of ether oxygens (including phenoxy) is 1. The minimum atomic E-state index is -0.194. The summed E-state index contributed by atoms with van der Waals surface area (Å²) in [5.74, 6) is 5.66. The van der Waals surface area contributed by atoms with Crippen LogP contribution in [0.5, 0.6) is 0 Å². The average Bonchev–Trinajstić information content (AvgIpc) is 3.34. The Morgan fingerprint density at radius 2 is 1.69 bits per heavy atom. The van der Waals surface area contributed by atoms with E-state index in [1.807, 2.05) is 0 Å². The van der Waals surface area contributed by atoms with Crippen molar-refractivity contribution in [1.82, 2.24) is 0 Å². The number of hydrogen-bond donors (Lipinski definition) is 0. The highest BCUT2D eigenvalue weighted by atomic mass is 16.6. The van der Waals surface area contributed by atoms with Gasteiger partial charge in [0.15, 0.2) is 0 Å². The normalized spacial score (nSPS) is 57.4. The maximum Gasteiger partial charge on any atom is 0.303 e. The van der Waals surface area contributed by atoms with Gasteiger partial charge in [0, 0.05) is 12.3 Å². The fraction of sp³-hybridized carbons (Fsp3) is 0.958. The highest BCUT2D eigenvalue weighted by molar-refractivity contribution is 5.66. The van der Waals surface area contributed by atoms with Gasteiger partial charge in [0.2, 0.25) is 0 Å². The summed E-state index contributed by atoms with van der Waals surface area (Å²) in [6.07, 6.45) is 13.5. The minimum absolute atomic E-state index is 0.0698. The van der Waals surface area contributed by atoms with Gasteiger partial charge in [-0.3, -0.25) is 4.79 Å². The third-order valence-corrected chi connectivity index (χ3v) is 10.8. The van der Waals surface area contributed by atoms with E-state index < -0.39 is 0 Å². The minimum Gasteiger partial charge on any atom is -0.459 e. The lowest BCUT2D eigenvalue weighted by Crippen LogP contribution is -2.57. The first-order valence-electron chi connectivity index (χ1n) is 11.6. The predicted octanol–water partition coefficient (Wildman–Crippen LogP) is 5.99. The largest absolute Gasteiger partial charge is 0.459 e. The molecule has 2 heteroatoms. The molecule has 0 aromatic heterocycles. The number of esters is 1. The van der Waals surface area contributed by atoms with Crippen molar-refractivity contribution in [2.45, 2.75) is 97.5 Å². The van der Waals surface area contributed by atoms with Crippen molar-refractivity contribution in [1.29, 1.82) is 0 Å². The fourth-order valence-electron chi connectivity index (χ4n) is 9.43. The third kappa shape index (κ3) is 2.03. The van der Waals surface area contributed by atoms with E-state index in [4.69, 9.17) is 4.74 Å². The Morgan fingerprint density at radius 1 is 0.962 bits per heavy atom. The van der Waals surface area contributed by atoms with Gasteiger partial charge in [-0.1, -0.05) is 20.8 Å². The smallest absolute Gasteiger partial charge is 0.303 e. The second-order valence-corrected chi connectivity index (χ2v) is 11.1. The number of carbonyl (C=O) groups excluding carboxylic acids is 1. The molecule has 0 saturated heterocycles. The van der Waals surface area contributed by atoms with E-state index in [-0.39, 0.29) is 17.0 Å². The standard InChI is InChI=1S/C24H38O2/c1-5-24(26-15(2)25)13-11-19-18-9-8-17-7-6-16-14-21(16)23(17,4)20(18)10-12-22(19,24)3/h16-21H,5-14H2,1-4H3/t16?,17?,18-,19-,20+,21?,22-,23+,24+/m0/s1. The molecule has 5 fully saturated rings. The molecule has 2 nitrogen and oxygen atoms in total. The van der Waals surface area contributed by atoms with Crippen molar-refractivity contribution in [2.75, 3.05) is 0 Å². The maximum absolute atomic E-state index is 11.9. The molecule has 26 heavy (non-hydrogen) atoms. The van der Waals surface area contributed by atoms with Crippen LogP contribution < -0.4 is 0 Å². The van der Waals surface area contributed by atoms with Crippen LogP contribution in [0.4, 0.5) is 0 Å². The van der Waals surface area contributed by atoms with Crippen LogP contribution in [0.3, 0.4) is 0 Å². The van der Waals surface area contributed by atoms with E-state index in [9.17, 15) is 4.79 Å². The molecule has 0 aliphatic heterocycles. The second kappa shape index (κ2) is 5.51. The van der Waals surface area contributed by atoms with E-state index in [2.05, 4.69) is 20.8 Å². The summed E-state index contributed by atoms with van der Waals surface area (Å²) < 4.78 is 6.12. The van der Waals surface area contributed by atoms with Crippen LogP contribution in [-0.2, 0) is 9.53 Å². The molecule has 0 aromatic rings. The van der Waals surface area contributed by atoms with E-state index in [0.29, 0.717) is 5.41 Å². The number of carbonyl (C=O) groups is 1. The van der Waals surface area contributed by atoms with Crippen LogP contribution in [0.2, 0.25) is 0 Å². The first kappa shape index (κ1) is 17.6. The maximum atomic E-state index is 11.9. The van der Waals surface area contributed by atoms with Crippen molar-refractivity contribution < 1.29 is 9.53 Å².